The van der Waals surface area contributed by atoms with Crippen molar-refractivity contribution in [2.75, 3.05) is 0 Å². The van der Waals surface area contributed by atoms with E-state index in [0.717, 1.165) is 9.13 Å². The summed E-state index contributed by atoms with van der Waals surface area (Å²) in [7, 11) is 0. The Hall–Kier alpha value is -0.0800. The average Bonchev–Trinajstić information content (AvgIpc) is 2.14. The summed E-state index contributed by atoms with van der Waals surface area (Å²) in [5.41, 5.74) is 0.788. The van der Waals surface area contributed by atoms with Gasteiger partial charge >= 0.3 is 0 Å². The molecule has 0 unspecified atom stereocenters. The molecule has 1 rings (SSSR count). The molecule has 40 valence electrons. The van der Waals surface area contributed by atoms with Gasteiger partial charge in [-0.15, -0.1) is 11.3 Å². The number of hydrogen-bond acceptors (Lipinski definition) is 2. The van der Waals surface area contributed by atoms with Crippen molar-refractivity contribution in [3.05, 3.63) is 19.9 Å². The molecular formula is C5H2INS. The Morgan fingerprint density at radius 3 is 2.62 bits per heavy atom. The van der Waals surface area contributed by atoms with Crippen LogP contribution in [0.1, 0.15) is 5.56 Å². The van der Waals surface area contributed by atoms with Gasteiger partial charge in [0.1, 0.15) is 6.07 Å². The highest BCUT2D eigenvalue weighted by atomic mass is 127. The van der Waals surface area contributed by atoms with E-state index in [1.807, 2.05) is 10.8 Å². The minimum atomic E-state index is 0.788. The molecule has 1 aromatic rings. The van der Waals surface area contributed by atoms with Crippen molar-refractivity contribution >= 4 is 33.9 Å². The van der Waals surface area contributed by atoms with Gasteiger partial charge in [-0.2, -0.15) is 5.26 Å². The Bertz CT molecular complexity index is 223. The van der Waals surface area contributed by atoms with E-state index < -0.39 is 0 Å². The highest BCUT2D eigenvalue weighted by molar-refractivity contribution is 14.1. The molecule has 0 saturated heterocycles. The minimum absolute atomic E-state index is 0.788. The van der Waals surface area contributed by atoms with Crippen LogP contribution in [0, 0.1) is 14.9 Å². The van der Waals surface area contributed by atoms with E-state index in [-0.39, 0.29) is 0 Å². The molecule has 0 aliphatic rings. The fraction of sp³-hybridized carbons (Fsp3) is 0. The molecule has 0 fully saturated rings. The Kier molecular flexibility index (Phi) is 1.86. The molecule has 0 N–H and O–H groups in total. The standard InChI is InChI=1S/C5H2INS/c6-5-3-8-2-4(5)1-7/h2-3H. The van der Waals surface area contributed by atoms with Crippen molar-refractivity contribution in [2.24, 2.45) is 0 Å². The van der Waals surface area contributed by atoms with E-state index in [1.54, 1.807) is 11.3 Å². The van der Waals surface area contributed by atoms with Gasteiger partial charge in [-0.25, -0.2) is 0 Å². The molecule has 1 aromatic heterocycles. The van der Waals surface area contributed by atoms with Crippen LogP contribution in [-0.2, 0) is 0 Å². The van der Waals surface area contributed by atoms with E-state index in [4.69, 9.17) is 5.26 Å². The molecule has 0 aliphatic carbocycles. The van der Waals surface area contributed by atoms with Gasteiger partial charge < -0.3 is 0 Å². The number of nitriles is 1. The smallest absolute Gasteiger partial charge is 0.101 e. The molecular weight excluding hydrogens is 233 g/mol. The van der Waals surface area contributed by atoms with Crippen LogP contribution >= 0.6 is 33.9 Å². The van der Waals surface area contributed by atoms with Crippen LogP contribution in [0.15, 0.2) is 10.8 Å². The lowest BCUT2D eigenvalue weighted by atomic mass is 10.4. The number of thiophene rings is 1. The first-order valence-electron chi connectivity index (χ1n) is 1.96. The molecule has 0 spiro atoms. The third-order valence-electron chi connectivity index (χ3n) is 0.735. The third kappa shape index (κ3) is 1.01. The van der Waals surface area contributed by atoms with Gasteiger partial charge in [0.15, 0.2) is 0 Å². The van der Waals surface area contributed by atoms with Crippen molar-refractivity contribution in [3.63, 3.8) is 0 Å². The predicted molar refractivity (Wildman–Crippen MR) is 41.8 cm³/mol. The zero-order valence-electron chi connectivity index (χ0n) is 3.89. The van der Waals surface area contributed by atoms with Crippen LogP contribution < -0.4 is 0 Å². The Balaban J connectivity index is 3.15. The number of rotatable bonds is 0. The van der Waals surface area contributed by atoms with Crippen LogP contribution in [0.2, 0.25) is 0 Å². The highest BCUT2D eigenvalue weighted by Gasteiger charge is 1.94. The van der Waals surface area contributed by atoms with E-state index >= 15 is 0 Å². The molecule has 1 nitrogen and oxygen atoms in total. The molecule has 0 bridgehead atoms. The molecule has 0 atom stereocenters. The van der Waals surface area contributed by atoms with Gasteiger partial charge in [0.25, 0.3) is 0 Å². The van der Waals surface area contributed by atoms with Crippen molar-refractivity contribution < 1.29 is 0 Å². The first kappa shape index (κ1) is 6.05. The molecule has 0 aliphatic heterocycles. The monoisotopic (exact) mass is 235 g/mol. The van der Waals surface area contributed by atoms with Gasteiger partial charge in [-0.05, 0) is 22.6 Å². The summed E-state index contributed by atoms with van der Waals surface area (Å²) in [5, 5.41) is 12.2. The summed E-state index contributed by atoms with van der Waals surface area (Å²) in [6.45, 7) is 0. The van der Waals surface area contributed by atoms with Crippen molar-refractivity contribution in [3.8, 4) is 6.07 Å². The van der Waals surface area contributed by atoms with Gasteiger partial charge in [-0.3, -0.25) is 0 Å². The van der Waals surface area contributed by atoms with Crippen LogP contribution in [0.5, 0.6) is 0 Å². The summed E-state index contributed by atoms with van der Waals surface area (Å²) in [6, 6.07) is 2.08. The lowest BCUT2D eigenvalue weighted by Crippen LogP contribution is -1.66. The molecule has 0 saturated carbocycles. The van der Waals surface area contributed by atoms with Crippen LogP contribution in [0.4, 0.5) is 0 Å². The first-order chi connectivity index (χ1) is 3.84. The van der Waals surface area contributed by atoms with Gasteiger partial charge in [0, 0.05) is 14.3 Å². The number of hydrogen-bond donors (Lipinski definition) is 0. The summed E-state index contributed by atoms with van der Waals surface area (Å²) >= 11 is 3.70. The zero-order valence-corrected chi connectivity index (χ0v) is 6.86. The summed E-state index contributed by atoms with van der Waals surface area (Å²) in [4.78, 5) is 0. The van der Waals surface area contributed by atoms with E-state index in [9.17, 15) is 0 Å². The number of halogens is 1. The van der Waals surface area contributed by atoms with Crippen LogP contribution in [-0.4, -0.2) is 0 Å². The second-order valence-electron chi connectivity index (χ2n) is 1.25. The quantitative estimate of drug-likeness (QED) is 0.632. The van der Waals surface area contributed by atoms with Crippen LogP contribution in [0.25, 0.3) is 0 Å². The molecule has 8 heavy (non-hydrogen) atoms. The largest absolute Gasteiger partial charge is 0.192 e. The Morgan fingerprint density at radius 2 is 2.38 bits per heavy atom. The SMILES string of the molecule is N#Cc1cscc1I. The molecule has 0 radical (unpaired) electrons. The maximum atomic E-state index is 8.36. The maximum Gasteiger partial charge on any atom is 0.101 e. The Labute approximate surface area is 65.1 Å². The van der Waals surface area contributed by atoms with E-state index in [2.05, 4.69) is 28.7 Å². The van der Waals surface area contributed by atoms with Crippen molar-refractivity contribution in [1.82, 2.24) is 0 Å². The van der Waals surface area contributed by atoms with Gasteiger partial charge in [0.05, 0.1) is 5.56 Å². The minimum Gasteiger partial charge on any atom is -0.192 e. The fourth-order valence-corrected chi connectivity index (χ4v) is 1.92. The highest BCUT2D eigenvalue weighted by Crippen LogP contribution is 2.15. The molecule has 3 heteroatoms. The van der Waals surface area contributed by atoms with E-state index in [1.165, 1.54) is 0 Å². The normalized spacial score (nSPS) is 8.50. The van der Waals surface area contributed by atoms with Crippen molar-refractivity contribution in [2.45, 2.75) is 0 Å². The topological polar surface area (TPSA) is 23.8 Å². The lowest BCUT2D eigenvalue weighted by molar-refractivity contribution is 1.50. The summed E-state index contributed by atoms with van der Waals surface area (Å²) in [6.07, 6.45) is 0. The second-order valence-corrected chi connectivity index (χ2v) is 3.15. The second kappa shape index (κ2) is 2.46. The van der Waals surface area contributed by atoms with Crippen molar-refractivity contribution in [1.29, 1.82) is 5.26 Å². The fourth-order valence-electron chi connectivity index (χ4n) is 0.361. The maximum absolute atomic E-state index is 8.36. The predicted octanol–water partition coefficient (Wildman–Crippen LogP) is 2.22. The molecule has 0 amide bonds. The number of nitrogens with zero attached hydrogens (tertiary/aromatic N) is 1. The van der Waals surface area contributed by atoms with Gasteiger partial charge in [-0.1, -0.05) is 0 Å². The molecule has 1 heterocycles. The summed E-state index contributed by atoms with van der Waals surface area (Å²) < 4.78 is 1.05. The Morgan fingerprint density at radius 1 is 1.62 bits per heavy atom. The average molecular weight is 235 g/mol. The molecule has 0 aromatic carbocycles. The first-order valence-corrected chi connectivity index (χ1v) is 3.98. The zero-order chi connectivity index (χ0) is 5.98. The van der Waals surface area contributed by atoms with Crippen LogP contribution in [0.3, 0.4) is 0 Å². The summed E-state index contributed by atoms with van der Waals surface area (Å²) in [5.74, 6) is 0. The van der Waals surface area contributed by atoms with E-state index in [0.29, 0.717) is 0 Å². The lowest BCUT2D eigenvalue weighted by Gasteiger charge is -1.74. The third-order valence-corrected chi connectivity index (χ3v) is 2.79. The van der Waals surface area contributed by atoms with Gasteiger partial charge in [0.2, 0.25) is 0 Å².